The third kappa shape index (κ3) is 4.89. The molecule has 0 unspecified atom stereocenters. The van der Waals surface area contributed by atoms with Gasteiger partial charge in [-0.3, -0.25) is 19.3 Å². The normalized spacial score (nSPS) is 10.1. The van der Waals surface area contributed by atoms with E-state index in [4.69, 9.17) is 10.8 Å². The lowest BCUT2D eigenvalue weighted by Gasteiger charge is -2.26. The molecular weight excluding hydrogens is 322 g/mol. The highest BCUT2D eigenvalue weighted by Gasteiger charge is 2.24. The molecule has 0 saturated heterocycles. The number of amides is 2. The van der Waals surface area contributed by atoms with Gasteiger partial charge in [-0.15, -0.1) is 0 Å². The second-order valence-corrected chi connectivity index (χ2v) is 5.23. The number of aliphatic carboxylic acids is 1. The van der Waals surface area contributed by atoms with Gasteiger partial charge in [-0.05, 0) is 24.3 Å². The molecule has 2 amide bonds. The van der Waals surface area contributed by atoms with Crippen LogP contribution < -0.4 is 15.5 Å². The van der Waals surface area contributed by atoms with Gasteiger partial charge in [-0.2, -0.15) is 0 Å². The summed E-state index contributed by atoms with van der Waals surface area (Å²) in [6, 6.07) is 17.1. The standard InChI is InChI=1S/C18H19N3O4/c19-11-16(22)20(14-7-3-1-4-8-14)12-17(23)21(13-18(24)25)15-9-5-2-6-10-15/h1-10H,11-13,19H2,(H,24,25). The van der Waals surface area contributed by atoms with Crippen LogP contribution in [0.4, 0.5) is 11.4 Å². The molecule has 0 atom stereocenters. The highest BCUT2D eigenvalue weighted by atomic mass is 16.4. The summed E-state index contributed by atoms with van der Waals surface area (Å²) in [4.78, 5) is 38.4. The molecule has 7 heteroatoms. The number of carbonyl (C=O) groups excluding carboxylic acids is 2. The highest BCUT2D eigenvalue weighted by molar-refractivity contribution is 6.05. The van der Waals surface area contributed by atoms with E-state index in [-0.39, 0.29) is 13.1 Å². The van der Waals surface area contributed by atoms with Crippen molar-refractivity contribution in [3.05, 3.63) is 60.7 Å². The lowest BCUT2D eigenvalue weighted by Crippen LogP contribution is -2.46. The fourth-order valence-electron chi connectivity index (χ4n) is 2.33. The summed E-state index contributed by atoms with van der Waals surface area (Å²) < 4.78 is 0. The van der Waals surface area contributed by atoms with E-state index in [2.05, 4.69) is 0 Å². The lowest BCUT2D eigenvalue weighted by atomic mass is 10.2. The number of nitrogens with two attached hydrogens (primary N) is 1. The molecule has 0 bridgehead atoms. The van der Waals surface area contributed by atoms with Crippen LogP contribution in [0.15, 0.2) is 60.7 Å². The van der Waals surface area contributed by atoms with Gasteiger partial charge >= 0.3 is 5.97 Å². The van der Waals surface area contributed by atoms with Crippen LogP contribution in [0.1, 0.15) is 0 Å². The summed E-state index contributed by atoms with van der Waals surface area (Å²) in [5.74, 6) is -2.09. The Kier molecular flexibility index (Phi) is 6.25. The number of nitrogens with zero attached hydrogens (tertiary/aromatic N) is 2. The Morgan fingerprint density at radius 1 is 0.760 bits per heavy atom. The Balaban J connectivity index is 2.28. The zero-order valence-corrected chi connectivity index (χ0v) is 13.5. The van der Waals surface area contributed by atoms with E-state index in [9.17, 15) is 14.4 Å². The number of hydrogen-bond acceptors (Lipinski definition) is 4. The SMILES string of the molecule is NCC(=O)N(CC(=O)N(CC(=O)O)c1ccccc1)c1ccccc1. The number of para-hydroxylation sites is 2. The Morgan fingerprint density at radius 2 is 1.20 bits per heavy atom. The number of carboxylic acid groups (broad SMARTS) is 1. The van der Waals surface area contributed by atoms with Crippen LogP contribution in [0.25, 0.3) is 0 Å². The van der Waals surface area contributed by atoms with Crippen LogP contribution in [0, 0.1) is 0 Å². The van der Waals surface area contributed by atoms with Crippen LogP contribution in [0.5, 0.6) is 0 Å². The maximum Gasteiger partial charge on any atom is 0.323 e. The van der Waals surface area contributed by atoms with Crippen LogP contribution in [-0.4, -0.2) is 42.5 Å². The number of benzene rings is 2. The van der Waals surface area contributed by atoms with Gasteiger partial charge in [-0.1, -0.05) is 36.4 Å². The number of carboxylic acids is 1. The fourth-order valence-corrected chi connectivity index (χ4v) is 2.33. The number of carbonyl (C=O) groups is 3. The molecule has 0 aromatic heterocycles. The van der Waals surface area contributed by atoms with Gasteiger partial charge in [-0.25, -0.2) is 0 Å². The Hall–Kier alpha value is -3.19. The molecule has 2 rings (SSSR count). The third-order valence-corrected chi connectivity index (χ3v) is 3.50. The number of hydrogen-bond donors (Lipinski definition) is 2. The smallest absolute Gasteiger partial charge is 0.323 e. The van der Waals surface area contributed by atoms with E-state index in [1.54, 1.807) is 60.7 Å². The Labute approximate surface area is 145 Å². The van der Waals surface area contributed by atoms with Crippen molar-refractivity contribution in [2.45, 2.75) is 0 Å². The van der Waals surface area contributed by atoms with Crippen molar-refractivity contribution >= 4 is 29.2 Å². The zero-order chi connectivity index (χ0) is 18.2. The molecule has 0 heterocycles. The van der Waals surface area contributed by atoms with Gasteiger partial charge in [0.2, 0.25) is 11.8 Å². The summed E-state index contributed by atoms with van der Waals surface area (Å²) >= 11 is 0. The Bertz CT molecular complexity index is 735. The lowest BCUT2D eigenvalue weighted by molar-refractivity contribution is -0.136. The molecule has 0 saturated carbocycles. The van der Waals surface area contributed by atoms with Crippen molar-refractivity contribution in [1.82, 2.24) is 0 Å². The summed E-state index contributed by atoms with van der Waals surface area (Å²) in [6.07, 6.45) is 0. The molecular formula is C18H19N3O4. The molecule has 2 aromatic rings. The van der Waals surface area contributed by atoms with Crippen molar-refractivity contribution in [2.24, 2.45) is 5.73 Å². The molecule has 0 aliphatic heterocycles. The zero-order valence-electron chi connectivity index (χ0n) is 13.5. The fraction of sp³-hybridized carbons (Fsp3) is 0.167. The summed E-state index contributed by atoms with van der Waals surface area (Å²) in [6.45, 7) is -1.06. The first-order valence-corrected chi connectivity index (χ1v) is 7.65. The average molecular weight is 341 g/mol. The van der Waals surface area contributed by atoms with Gasteiger partial charge in [0.25, 0.3) is 0 Å². The average Bonchev–Trinajstić information content (AvgIpc) is 2.64. The monoisotopic (exact) mass is 341 g/mol. The van der Waals surface area contributed by atoms with E-state index in [0.29, 0.717) is 11.4 Å². The topological polar surface area (TPSA) is 104 Å². The largest absolute Gasteiger partial charge is 0.480 e. The predicted molar refractivity (Wildman–Crippen MR) is 94.3 cm³/mol. The molecule has 0 aliphatic carbocycles. The van der Waals surface area contributed by atoms with Gasteiger partial charge in [0.1, 0.15) is 13.1 Å². The first-order valence-electron chi connectivity index (χ1n) is 7.65. The minimum atomic E-state index is -1.14. The Morgan fingerprint density at radius 3 is 1.60 bits per heavy atom. The first kappa shape index (κ1) is 18.2. The maximum atomic E-state index is 12.7. The molecule has 0 radical (unpaired) electrons. The maximum absolute atomic E-state index is 12.7. The van der Waals surface area contributed by atoms with Crippen molar-refractivity contribution in [1.29, 1.82) is 0 Å². The summed E-state index contributed by atoms with van der Waals surface area (Å²) in [5.41, 5.74) is 6.41. The molecule has 3 N–H and O–H groups in total. The van der Waals surface area contributed by atoms with Crippen molar-refractivity contribution in [3.63, 3.8) is 0 Å². The third-order valence-electron chi connectivity index (χ3n) is 3.50. The van der Waals surface area contributed by atoms with Gasteiger partial charge in [0.15, 0.2) is 0 Å². The van der Waals surface area contributed by atoms with Gasteiger partial charge in [0.05, 0.1) is 6.54 Å². The summed E-state index contributed by atoms with van der Waals surface area (Å²) in [5, 5.41) is 9.11. The minimum Gasteiger partial charge on any atom is -0.480 e. The van der Waals surface area contributed by atoms with Crippen LogP contribution in [0.3, 0.4) is 0 Å². The number of anilines is 2. The van der Waals surface area contributed by atoms with Gasteiger partial charge < -0.3 is 15.7 Å². The van der Waals surface area contributed by atoms with Gasteiger partial charge in [0, 0.05) is 11.4 Å². The number of rotatable bonds is 7. The predicted octanol–water partition coefficient (Wildman–Crippen LogP) is 1.10. The molecule has 25 heavy (non-hydrogen) atoms. The molecule has 130 valence electrons. The minimum absolute atomic E-state index is 0.257. The van der Waals surface area contributed by atoms with Crippen LogP contribution >= 0.6 is 0 Å². The highest BCUT2D eigenvalue weighted by Crippen LogP contribution is 2.17. The molecule has 7 nitrogen and oxygen atoms in total. The van der Waals surface area contributed by atoms with Crippen molar-refractivity contribution in [2.75, 3.05) is 29.4 Å². The quantitative estimate of drug-likeness (QED) is 0.785. The molecule has 2 aromatic carbocycles. The summed E-state index contributed by atoms with van der Waals surface area (Å²) in [7, 11) is 0. The molecule has 0 aliphatic rings. The van der Waals surface area contributed by atoms with Crippen LogP contribution in [0.2, 0.25) is 0 Å². The van der Waals surface area contributed by atoms with Crippen molar-refractivity contribution in [3.8, 4) is 0 Å². The van der Waals surface area contributed by atoms with E-state index >= 15 is 0 Å². The molecule has 0 fully saturated rings. The van der Waals surface area contributed by atoms with E-state index in [1.807, 2.05) is 0 Å². The van der Waals surface area contributed by atoms with E-state index in [0.717, 1.165) is 4.90 Å². The van der Waals surface area contributed by atoms with E-state index < -0.39 is 24.3 Å². The molecule has 0 spiro atoms. The van der Waals surface area contributed by atoms with Crippen molar-refractivity contribution < 1.29 is 19.5 Å². The second kappa shape index (κ2) is 8.60. The van der Waals surface area contributed by atoms with E-state index in [1.165, 1.54) is 4.90 Å². The first-order chi connectivity index (χ1) is 12.0. The second-order valence-electron chi connectivity index (χ2n) is 5.23. The van der Waals surface area contributed by atoms with Crippen LogP contribution in [-0.2, 0) is 14.4 Å².